The maximum Gasteiger partial charge on any atom is 0.324 e. The highest BCUT2D eigenvalue weighted by Gasteiger charge is 2.31. The van der Waals surface area contributed by atoms with E-state index in [1.54, 1.807) is 22.7 Å². The molecule has 0 radical (unpaired) electrons. The number of rotatable bonds is 7. The van der Waals surface area contributed by atoms with E-state index in [4.69, 9.17) is 11.6 Å². The molecule has 2 aromatic carbocycles. The number of carbonyl (C=O) groups is 2. The molecular formula is C22H24ClN5O2S. The van der Waals surface area contributed by atoms with Crippen LogP contribution < -0.4 is 15.5 Å². The molecule has 9 heteroatoms. The molecule has 0 fully saturated rings. The monoisotopic (exact) mass is 457 g/mol. The fourth-order valence-electron chi connectivity index (χ4n) is 3.66. The molecule has 3 amide bonds. The van der Waals surface area contributed by atoms with E-state index < -0.39 is 6.04 Å². The summed E-state index contributed by atoms with van der Waals surface area (Å²) in [7, 11) is 0. The summed E-state index contributed by atoms with van der Waals surface area (Å²) in [5.74, 6) is 1.14. The number of nitrogens with zero attached hydrogens (tertiary/aromatic N) is 3. The van der Waals surface area contributed by atoms with Gasteiger partial charge in [0, 0.05) is 24.7 Å². The van der Waals surface area contributed by atoms with Crippen LogP contribution in [0.5, 0.6) is 0 Å². The molecule has 0 saturated heterocycles. The number of halogens is 1. The molecule has 4 rings (SSSR count). The number of anilines is 1. The van der Waals surface area contributed by atoms with Crippen LogP contribution in [-0.2, 0) is 17.9 Å². The highest BCUT2D eigenvalue weighted by Crippen LogP contribution is 2.27. The third-order valence-electron chi connectivity index (χ3n) is 5.30. The number of thioether (sulfide) groups is 1. The van der Waals surface area contributed by atoms with Crippen LogP contribution in [0.4, 0.5) is 10.7 Å². The molecule has 0 saturated carbocycles. The molecule has 2 heterocycles. The van der Waals surface area contributed by atoms with Gasteiger partial charge < -0.3 is 15.2 Å². The molecule has 3 aromatic rings. The molecule has 0 bridgehead atoms. The van der Waals surface area contributed by atoms with Crippen LogP contribution in [0.2, 0.25) is 5.02 Å². The summed E-state index contributed by atoms with van der Waals surface area (Å²) >= 11 is 7.82. The van der Waals surface area contributed by atoms with Crippen LogP contribution in [0.3, 0.4) is 0 Å². The van der Waals surface area contributed by atoms with Crippen LogP contribution >= 0.6 is 23.4 Å². The Morgan fingerprint density at radius 1 is 1.16 bits per heavy atom. The smallest absolute Gasteiger partial charge is 0.324 e. The summed E-state index contributed by atoms with van der Waals surface area (Å²) in [5, 5.41) is 6.40. The largest absolute Gasteiger partial charge is 0.350 e. The Morgan fingerprint density at radius 2 is 1.94 bits per heavy atom. The van der Waals surface area contributed by atoms with Crippen molar-refractivity contribution >= 4 is 52.3 Å². The van der Waals surface area contributed by atoms with E-state index in [9.17, 15) is 9.59 Å². The maximum atomic E-state index is 13.0. The summed E-state index contributed by atoms with van der Waals surface area (Å²) in [6, 6.07) is 14.2. The van der Waals surface area contributed by atoms with Crippen molar-refractivity contribution in [1.29, 1.82) is 0 Å². The first-order valence-corrected chi connectivity index (χ1v) is 11.9. The van der Waals surface area contributed by atoms with E-state index in [2.05, 4.69) is 15.6 Å². The third kappa shape index (κ3) is 4.65. The highest BCUT2D eigenvalue weighted by molar-refractivity contribution is 7.98. The Bertz CT molecular complexity index is 1100. The molecule has 1 aliphatic rings. The van der Waals surface area contributed by atoms with E-state index in [1.807, 2.05) is 53.3 Å². The van der Waals surface area contributed by atoms with Gasteiger partial charge in [0.2, 0.25) is 11.9 Å². The first-order valence-electron chi connectivity index (χ1n) is 10.1. The Morgan fingerprint density at radius 3 is 2.74 bits per heavy atom. The predicted molar refractivity (Wildman–Crippen MR) is 126 cm³/mol. The molecule has 0 aliphatic carbocycles. The van der Waals surface area contributed by atoms with Gasteiger partial charge in [0.05, 0.1) is 11.0 Å². The van der Waals surface area contributed by atoms with Gasteiger partial charge >= 0.3 is 6.03 Å². The van der Waals surface area contributed by atoms with Gasteiger partial charge in [-0.2, -0.15) is 11.8 Å². The second-order valence-corrected chi connectivity index (χ2v) is 8.69. The van der Waals surface area contributed by atoms with Crippen molar-refractivity contribution in [1.82, 2.24) is 20.2 Å². The zero-order valence-corrected chi connectivity index (χ0v) is 18.7. The highest BCUT2D eigenvalue weighted by atomic mass is 35.5. The van der Waals surface area contributed by atoms with E-state index >= 15 is 0 Å². The number of hydrogen-bond donors (Lipinski definition) is 2. The molecule has 1 atom stereocenters. The van der Waals surface area contributed by atoms with E-state index in [1.165, 1.54) is 0 Å². The van der Waals surface area contributed by atoms with Gasteiger partial charge in [-0.25, -0.2) is 9.78 Å². The zero-order valence-electron chi connectivity index (χ0n) is 17.2. The molecule has 7 nitrogen and oxygen atoms in total. The van der Waals surface area contributed by atoms with E-state index in [0.29, 0.717) is 37.0 Å². The number of amides is 3. The molecular weight excluding hydrogens is 434 g/mol. The number of fused-ring (bicyclic) bond motifs is 3. The quantitative estimate of drug-likeness (QED) is 0.567. The lowest BCUT2D eigenvalue weighted by atomic mass is 10.2. The molecule has 1 aliphatic heterocycles. The molecule has 1 aromatic heterocycles. The minimum atomic E-state index is -0.638. The van der Waals surface area contributed by atoms with Crippen LogP contribution in [0.1, 0.15) is 12.0 Å². The number of para-hydroxylation sites is 2. The Kier molecular flexibility index (Phi) is 6.67. The van der Waals surface area contributed by atoms with Gasteiger partial charge in [0.25, 0.3) is 0 Å². The minimum Gasteiger partial charge on any atom is -0.350 e. The summed E-state index contributed by atoms with van der Waals surface area (Å²) < 4.78 is 2.03. The van der Waals surface area contributed by atoms with Gasteiger partial charge in [0.1, 0.15) is 6.04 Å². The number of carbonyl (C=O) groups excluding carboxylic acids is 2. The van der Waals surface area contributed by atoms with E-state index in [-0.39, 0.29) is 11.9 Å². The normalized spacial score (nSPS) is 13.8. The lowest BCUT2D eigenvalue weighted by Gasteiger charge is -2.22. The first kappa shape index (κ1) is 21.5. The average Bonchev–Trinajstić information content (AvgIpc) is 3.35. The Hall–Kier alpha value is -2.71. The molecule has 162 valence electrons. The number of urea groups is 1. The lowest BCUT2D eigenvalue weighted by Crippen LogP contribution is -2.51. The zero-order chi connectivity index (χ0) is 21.8. The summed E-state index contributed by atoms with van der Waals surface area (Å²) in [6.07, 6.45) is 2.51. The predicted octanol–water partition coefficient (Wildman–Crippen LogP) is 3.66. The second kappa shape index (κ2) is 9.62. The number of imidazole rings is 1. The Balaban J connectivity index is 1.45. The van der Waals surface area contributed by atoms with Gasteiger partial charge in [-0.3, -0.25) is 9.69 Å². The van der Waals surface area contributed by atoms with Gasteiger partial charge in [-0.05, 0) is 42.2 Å². The topological polar surface area (TPSA) is 79.3 Å². The third-order valence-corrected chi connectivity index (χ3v) is 6.32. The van der Waals surface area contributed by atoms with Crippen molar-refractivity contribution in [2.45, 2.75) is 25.6 Å². The molecule has 2 N–H and O–H groups in total. The van der Waals surface area contributed by atoms with Crippen molar-refractivity contribution < 1.29 is 9.59 Å². The van der Waals surface area contributed by atoms with Crippen LogP contribution in [0, 0.1) is 0 Å². The van der Waals surface area contributed by atoms with Crippen molar-refractivity contribution in [3.63, 3.8) is 0 Å². The lowest BCUT2D eigenvalue weighted by molar-refractivity contribution is -0.123. The molecule has 1 unspecified atom stereocenters. The van der Waals surface area contributed by atoms with Gasteiger partial charge in [-0.1, -0.05) is 41.9 Å². The fraction of sp³-hybridized carbons (Fsp3) is 0.318. The van der Waals surface area contributed by atoms with Crippen molar-refractivity contribution in [3.05, 3.63) is 59.1 Å². The van der Waals surface area contributed by atoms with Crippen LogP contribution in [-0.4, -0.2) is 46.1 Å². The van der Waals surface area contributed by atoms with E-state index in [0.717, 1.165) is 22.3 Å². The summed E-state index contributed by atoms with van der Waals surface area (Å²) in [4.78, 5) is 32.1. The second-order valence-electron chi connectivity index (χ2n) is 7.30. The molecule has 0 spiro atoms. The summed E-state index contributed by atoms with van der Waals surface area (Å²) in [5.41, 5.74) is 2.69. The number of hydrogen-bond acceptors (Lipinski definition) is 4. The fourth-order valence-corrected chi connectivity index (χ4v) is 4.33. The first-order chi connectivity index (χ1) is 15.1. The summed E-state index contributed by atoms with van der Waals surface area (Å²) in [6.45, 7) is 1.51. The Labute approximate surface area is 190 Å². The standard InChI is InChI=1S/C22H24ClN5O2S/c1-31-13-10-18(20(29)24-14-15-6-2-3-7-16(15)23)26-22(30)28-12-11-27-19-9-5-4-8-17(19)25-21(27)28/h2-9,18H,10-14H2,1H3,(H,24,29)(H,26,30). The number of benzene rings is 2. The average molecular weight is 458 g/mol. The number of aromatic nitrogens is 2. The van der Waals surface area contributed by atoms with Crippen LogP contribution in [0.25, 0.3) is 11.0 Å². The van der Waals surface area contributed by atoms with Gasteiger partial charge in [0.15, 0.2) is 0 Å². The SMILES string of the molecule is CSCCC(NC(=O)N1CCn2c1nc1ccccc12)C(=O)NCc1ccccc1Cl. The van der Waals surface area contributed by atoms with Gasteiger partial charge in [-0.15, -0.1) is 0 Å². The maximum absolute atomic E-state index is 13.0. The molecule has 31 heavy (non-hydrogen) atoms. The van der Waals surface area contributed by atoms with Crippen LogP contribution in [0.15, 0.2) is 48.5 Å². The van der Waals surface area contributed by atoms with Crippen molar-refractivity contribution in [2.75, 3.05) is 23.5 Å². The van der Waals surface area contributed by atoms with Crippen molar-refractivity contribution in [2.24, 2.45) is 0 Å². The minimum absolute atomic E-state index is 0.227. The van der Waals surface area contributed by atoms with Crippen molar-refractivity contribution in [3.8, 4) is 0 Å². The number of nitrogens with one attached hydrogen (secondary N) is 2.